The van der Waals surface area contributed by atoms with Crippen LogP contribution in [0.3, 0.4) is 0 Å². The third-order valence-corrected chi connectivity index (χ3v) is 5.90. The van der Waals surface area contributed by atoms with Crippen LogP contribution in [0.15, 0.2) is 73.3 Å². The summed E-state index contributed by atoms with van der Waals surface area (Å²) in [5.74, 6) is -0.533. The zero-order chi connectivity index (χ0) is 28.9. The number of primary amides is 1. The van der Waals surface area contributed by atoms with E-state index >= 15 is 4.39 Å². The van der Waals surface area contributed by atoms with Crippen LogP contribution in [0.5, 0.6) is 17.5 Å². The van der Waals surface area contributed by atoms with Gasteiger partial charge in [0.25, 0.3) is 0 Å². The van der Waals surface area contributed by atoms with Crippen LogP contribution in [0, 0.1) is 12.7 Å². The van der Waals surface area contributed by atoms with E-state index in [2.05, 4.69) is 25.4 Å². The molecule has 3 aromatic heterocycles. The van der Waals surface area contributed by atoms with Crippen molar-refractivity contribution in [2.24, 2.45) is 12.8 Å². The Balaban J connectivity index is 1.61. The standard InChI is InChI=1S/C29H25FN8O3/c1-17-11-12-32-29(35-17)41-24-9-7-19(13-23(24)30)22-15-33-28(36-20-14-34-38(2)16-20)37-26(22)21-6-4-5-18(27(21)40-3)8-10-25(31)39/h4-16H,1-3H3,(H2,31,39)(H,33,36,37). The Bertz CT molecular complexity index is 1770. The molecule has 0 radical (unpaired) electrons. The van der Waals surface area contributed by atoms with Crippen LogP contribution >= 0.6 is 0 Å². The van der Waals surface area contributed by atoms with Crippen LogP contribution in [0.2, 0.25) is 0 Å². The summed E-state index contributed by atoms with van der Waals surface area (Å²) in [6.07, 6.45) is 9.33. The monoisotopic (exact) mass is 552 g/mol. The van der Waals surface area contributed by atoms with Crippen molar-refractivity contribution in [2.45, 2.75) is 6.92 Å². The van der Waals surface area contributed by atoms with Gasteiger partial charge in [-0.15, -0.1) is 0 Å². The number of hydrogen-bond donors (Lipinski definition) is 2. The summed E-state index contributed by atoms with van der Waals surface area (Å²) in [6, 6.07) is 11.6. The van der Waals surface area contributed by atoms with Crippen LogP contribution in [0.4, 0.5) is 16.0 Å². The largest absolute Gasteiger partial charge is 0.495 e. The highest BCUT2D eigenvalue weighted by molar-refractivity contribution is 5.92. The molecule has 41 heavy (non-hydrogen) atoms. The summed E-state index contributed by atoms with van der Waals surface area (Å²) in [5, 5.41) is 7.28. The van der Waals surface area contributed by atoms with E-state index in [-0.39, 0.29) is 17.7 Å². The van der Waals surface area contributed by atoms with Crippen LogP contribution in [-0.4, -0.2) is 42.7 Å². The molecule has 0 unspecified atom stereocenters. The van der Waals surface area contributed by atoms with Crippen molar-refractivity contribution in [2.75, 3.05) is 12.4 Å². The zero-order valence-electron chi connectivity index (χ0n) is 22.4. The molecule has 0 atom stereocenters. The maximum Gasteiger partial charge on any atom is 0.322 e. The number of anilines is 2. The van der Waals surface area contributed by atoms with Crippen molar-refractivity contribution in [3.8, 4) is 39.9 Å². The molecule has 206 valence electrons. The molecule has 0 aliphatic rings. The molecule has 0 aliphatic heterocycles. The van der Waals surface area contributed by atoms with E-state index in [1.165, 1.54) is 31.5 Å². The number of nitrogens with two attached hydrogens (primary N) is 1. The lowest BCUT2D eigenvalue weighted by Gasteiger charge is -2.16. The van der Waals surface area contributed by atoms with Crippen molar-refractivity contribution in [1.82, 2.24) is 29.7 Å². The molecule has 5 aromatic rings. The average molecular weight is 553 g/mol. The summed E-state index contributed by atoms with van der Waals surface area (Å²) in [7, 11) is 3.30. The topological polar surface area (TPSA) is 143 Å². The maximum absolute atomic E-state index is 15.3. The van der Waals surface area contributed by atoms with Crippen LogP contribution in [0.25, 0.3) is 28.5 Å². The molecule has 11 nitrogen and oxygen atoms in total. The van der Waals surface area contributed by atoms with Crippen LogP contribution in [-0.2, 0) is 11.8 Å². The molecule has 0 fully saturated rings. The van der Waals surface area contributed by atoms with Gasteiger partial charge in [0.2, 0.25) is 11.9 Å². The number of para-hydroxylation sites is 1. The fourth-order valence-corrected chi connectivity index (χ4v) is 4.07. The summed E-state index contributed by atoms with van der Waals surface area (Å²) < 4.78 is 28.2. The second-order valence-electron chi connectivity index (χ2n) is 8.88. The predicted octanol–water partition coefficient (Wildman–Crippen LogP) is 4.82. The van der Waals surface area contributed by atoms with Crippen LogP contribution in [0.1, 0.15) is 11.3 Å². The van der Waals surface area contributed by atoms with Gasteiger partial charge in [-0.3, -0.25) is 9.48 Å². The Hall–Kier alpha value is -5.65. The number of ether oxygens (including phenoxy) is 2. The molecule has 3 heterocycles. The second kappa shape index (κ2) is 11.6. The quantitative estimate of drug-likeness (QED) is 0.246. The van der Waals surface area contributed by atoms with E-state index in [1.807, 2.05) is 6.07 Å². The Kier molecular flexibility index (Phi) is 7.63. The highest BCUT2D eigenvalue weighted by Crippen LogP contribution is 2.39. The first-order valence-electron chi connectivity index (χ1n) is 12.4. The van der Waals surface area contributed by atoms with Gasteiger partial charge in [0.1, 0.15) is 5.75 Å². The van der Waals surface area contributed by atoms with Crippen molar-refractivity contribution >= 4 is 23.6 Å². The average Bonchev–Trinajstić information content (AvgIpc) is 3.36. The van der Waals surface area contributed by atoms with Crippen molar-refractivity contribution < 1.29 is 18.7 Å². The van der Waals surface area contributed by atoms with E-state index in [4.69, 9.17) is 20.2 Å². The van der Waals surface area contributed by atoms with E-state index in [9.17, 15) is 4.79 Å². The highest BCUT2D eigenvalue weighted by atomic mass is 19.1. The number of nitrogens with zero attached hydrogens (tertiary/aromatic N) is 6. The molecule has 1 amide bonds. The first kappa shape index (κ1) is 26.9. The number of nitrogens with one attached hydrogen (secondary N) is 1. The molecule has 3 N–H and O–H groups in total. The number of carbonyl (C=O) groups is 1. The lowest BCUT2D eigenvalue weighted by molar-refractivity contribution is -0.113. The van der Waals surface area contributed by atoms with Gasteiger partial charge in [-0.1, -0.05) is 18.2 Å². The lowest BCUT2D eigenvalue weighted by atomic mass is 9.98. The molecule has 12 heteroatoms. The number of methoxy groups -OCH3 is 1. The van der Waals surface area contributed by atoms with E-state index in [0.29, 0.717) is 45.1 Å². The minimum absolute atomic E-state index is 0.0344. The normalized spacial score (nSPS) is 11.0. The van der Waals surface area contributed by atoms with Crippen molar-refractivity contribution in [3.05, 3.63) is 90.4 Å². The molecular formula is C29H25FN8O3. The van der Waals surface area contributed by atoms with Crippen molar-refractivity contribution in [3.63, 3.8) is 0 Å². The number of amides is 1. The molecule has 5 rings (SSSR count). The number of aromatic nitrogens is 6. The summed E-state index contributed by atoms with van der Waals surface area (Å²) in [4.78, 5) is 28.8. The van der Waals surface area contributed by atoms with Gasteiger partial charge in [-0.25, -0.2) is 24.3 Å². The lowest BCUT2D eigenvalue weighted by Crippen LogP contribution is -2.05. The molecule has 0 saturated carbocycles. The minimum atomic E-state index is -0.624. The fraction of sp³-hybridized carbons (Fsp3) is 0.103. The number of rotatable bonds is 9. The number of carbonyl (C=O) groups excluding carboxylic acids is 1. The Morgan fingerprint density at radius 1 is 1.10 bits per heavy atom. The smallest absolute Gasteiger partial charge is 0.322 e. The van der Waals surface area contributed by atoms with Gasteiger partial charge in [0.05, 0.1) is 24.7 Å². The highest BCUT2D eigenvalue weighted by Gasteiger charge is 2.19. The van der Waals surface area contributed by atoms with E-state index in [0.717, 1.165) is 0 Å². The summed E-state index contributed by atoms with van der Waals surface area (Å²) in [6.45, 7) is 1.79. The van der Waals surface area contributed by atoms with Crippen LogP contribution < -0.4 is 20.5 Å². The number of halogens is 1. The Morgan fingerprint density at radius 3 is 2.66 bits per heavy atom. The molecular weight excluding hydrogens is 527 g/mol. The number of benzene rings is 2. The SMILES string of the molecule is COc1c(C=CC(N)=O)cccc1-c1nc(Nc2cnn(C)c2)ncc1-c1ccc(Oc2nccc(C)n2)c(F)c1. The zero-order valence-corrected chi connectivity index (χ0v) is 22.4. The first-order valence-corrected chi connectivity index (χ1v) is 12.4. The molecule has 0 bridgehead atoms. The number of hydrogen-bond acceptors (Lipinski definition) is 9. The number of aryl methyl sites for hydroxylation is 2. The van der Waals surface area contributed by atoms with Gasteiger partial charge in [-0.2, -0.15) is 5.10 Å². The summed E-state index contributed by atoms with van der Waals surface area (Å²) >= 11 is 0. The van der Waals surface area contributed by atoms with Gasteiger partial charge >= 0.3 is 6.01 Å². The first-order chi connectivity index (χ1) is 19.8. The minimum Gasteiger partial charge on any atom is -0.495 e. The van der Waals surface area contributed by atoms with Crippen molar-refractivity contribution in [1.29, 1.82) is 0 Å². The summed E-state index contributed by atoms with van der Waals surface area (Å²) in [5.41, 5.74) is 9.32. The Labute approximate surface area is 234 Å². The Morgan fingerprint density at radius 2 is 1.95 bits per heavy atom. The molecule has 0 spiro atoms. The third kappa shape index (κ3) is 6.17. The maximum atomic E-state index is 15.3. The predicted molar refractivity (Wildman–Crippen MR) is 151 cm³/mol. The molecule has 0 saturated heterocycles. The second-order valence-corrected chi connectivity index (χ2v) is 8.88. The third-order valence-electron chi connectivity index (χ3n) is 5.90. The molecule has 2 aromatic carbocycles. The molecule has 0 aliphatic carbocycles. The van der Waals surface area contributed by atoms with Gasteiger partial charge in [0, 0.05) is 54.1 Å². The van der Waals surface area contributed by atoms with Gasteiger partial charge in [-0.05, 0) is 42.8 Å². The van der Waals surface area contributed by atoms with Gasteiger partial charge in [0.15, 0.2) is 11.6 Å². The fourth-order valence-electron chi connectivity index (χ4n) is 4.07. The van der Waals surface area contributed by atoms with E-state index < -0.39 is 11.7 Å². The van der Waals surface area contributed by atoms with E-state index in [1.54, 1.807) is 67.6 Å². The van der Waals surface area contributed by atoms with Gasteiger partial charge < -0.3 is 20.5 Å².